The molecule has 6 heteroatoms. The summed E-state index contributed by atoms with van der Waals surface area (Å²) in [7, 11) is 1.41. The molecule has 0 aliphatic carbocycles. The van der Waals surface area contributed by atoms with E-state index in [1.54, 1.807) is 0 Å². The minimum Gasteiger partial charge on any atom is -0.478 e. The number of carbonyl (C=O) groups is 2. The van der Waals surface area contributed by atoms with Crippen LogP contribution in [0.15, 0.2) is 18.2 Å². The van der Waals surface area contributed by atoms with Gasteiger partial charge in [-0.15, -0.1) is 0 Å². The Morgan fingerprint density at radius 2 is 2.07 bits per heavy atom. The first-order valence-corrected chi connectivity index (χ1v) is 4.06. The largest absolute Gasteiger partial charge is 0.478 e. The van der Waals surface area contributed by atoms with E-state index in [2.05, 4.69) is 10.6 Å². The molecule has 0 unspecified atom stereocenters. The molecule has 0 saturated carbocycles. The first kappa shape index (κ1) is 11.0. The topological polar surface area (TPSA) is 78.4 Å². The van der Waals surface area contributed by atoms with Crippen molar-refractivity contribution in [3.63, 3.8) is 0 Å². The van der Waals surface area contributed by atoms with Gasteiger partial charge >= 0.3 is 12.0 Å². The van der Waals surface area contributed by atoms with Crippen LogP contribution in [0.25, 0.3) is 0 Å². The van der Waals surface area contributed by atoms with E-state index >= 15 is 0 Å². The van der Waals surface area contributed by atoms with Gasteiger partial charge in [-0.05, 0) is 18.2 Å². The molecule has 0 fully saturated rings. The number of carbonyl (C=O) groups excluding carboxylic acids is 1. The minimum atomic E-state index is -1.38. The van der Waals surface area contributed by atoms with Crippen LogP contribution >= 0.6 is 0 Å². The maximum Gasteiger partial charge on any atom is 0.338 e. The molecular weight excluding hydrogens is 203 g/mol. The van der Waals surface area contributed by atoms with Crippen LogP contribution < -0.4 is 10.6 Å². The van der Waals surface area contributed by atoms with Crippen LogP contribution in [0.3, 0.4) is 0 Å². The number of anilines is 1. The highest BCUT2D eigenvalue weighted by Crippen LogP contribution is 2.14. The summed E-state index contributed by atoms with van der Waals surface area (Å²) in [6.45, 7) is 0. The SMILES string of the molecule is CNC(=O)Nc1ccc(F)c(C(=O)O)c1. The third-order valence-electron chi connectivity index (χ3n) is 1.68. The number of nitrogens with one attached hydrogen (secondary N) is 2. The number of rotatable bonds is 2. The number of amides is 2. The van der Waals surface area contributed by atoms with Gasteiger partial charge in [0.05, 0.1) is 5.56 Å². The molecule has 2 amide bonds. The third kappa shape index (κ3) is 2.67. The average Bonchev–Trinajstić information content (AvgIpc) is 2.20. The molecule has 0 heterocycles. The molecule has 1 aromatic rings. The van der Waals surface area contributed by atoms with Crippen molar-refractivity contribution in [2.45, 2.75) is 0 Å². The second-order valence-corrected chi connectivity index (χ2v) is 2.70. The predicted octanol–water partition coefficient (Wildman–Crippen LogP) is 1.28. The van der Waals surface area contributed by atoms with Gasteiger partial charge in [0, 0.05) is 12.7 Å². The van der Waals surface area contributed by atoms with Crippen molar-refractivity contribution in [1.82, 2.24) is 5.32 Å². The van der Waals surface area contributed by atoms with Crippen LogP contribution in [0.1, 0.15) is 10.4 Å². The smallest absolute Gasteiger partial charge is 0.338 e. The molecule has 0 radical (unpaired) electrons. The molecular formula is C9H9FN2O3. The Morgan fingerprint density at radius 3 is 2.60 bits per heavy atom. The highest BCUT2D eigenvalue weighted by Gasteiger charge is 2.11. The van der Waals surface area contributed by atoms with Crippen LogP contribution in [-0.2, 0) is 0 Å². The molecule has 5 nitrogen and oxygen atoms in total. The molecule has 0 spiro atoms. The van der Waals surface area contributed by atoms with E-state index in [4.69, 9.17) is 5.11 Å². The quantitative estimate of drug-likeness (QED) is 0.690. The van der Waals surface area contributed by atoms with Gasteiger partial charge in [-0.1, -0.05) is 0 Å². The molecule has 0 aromatic heterocycles. The summed E-state index contributed by atoms with van der Waals surface area (Å²) >= 11 is 0. The molecule has 0 aliphatic rings. The first-order chi connectivity index (χ1) is 7.04. The fourth-order valence-corrected chi connectivity index (χ4v) is 0.961. The highest BCUT2D eigenvalue weighted by molar-refractivity contribution is 5.93. The molecule has 80 valence electrons. The number of benzene rings is 1. The Morgan fingerprint density at radius 1 is 1.40 bits per heavy atom. The van der Waals surface area contributed by atoms with E-state index in [1.807, 2.05) is 0 Å². The van der Waals surface area contributed by atoms with Gasteiger partial charge in [0.2, 0.25) is 0 Å². The Bertz CT molecular complexity index is 406. The highest BCUT2D eigenvalue weighted by atomic mass is 19.1. The van der Waals surface area contributed by atoms with E-state index in [0.717, 1.165) is 12.1 Å². The average molecular weight is 212 g/mol. The second-order valence-electron chi connectivity index (χ2n) is 2.70. The normalized spacial score (nSPS) is 9.47. The lowest BCUT2D eigenvalue weighted by Crippen LogP contribution is -2.24. The van der Waals surface area contributed by atoms with E-state index in [-0.39, 0.29) is 5.69 Å². The van der Waals surface area contributed by atoms with Gasteiger partial charge in [-0.3, -0.25) is 0 Å². The van der Waals surface area contributed by atoms with Crippen molar-refractivity contribution < 1.29 is 19.1 Å². The molecule has 0 bridgehead atoms. The van der Waals surface area contributed by atoms with Crippen molar-refractivity contribution in [1.29, 1.82) is 0 Å². The zero-order valence-corrected chi connectivity index (χ0v) is 7.87. The van der Waals surface area contributed by atoms with Gasteiger partial charge < -0.3 is 15.7 Å². The van der Waals surface area contributed by atoms with E-state index in [9.17, 15) is 14.0 Å². The lowest BCUT2D eigenvalue weighted by Gasteiger charge is -2.05. The van der Waals surface area contributed by atoms with Gasteiger partial charge in [0.25, 0.3) is 0 Å². The van der Waals surface area contributed by atoms with E-state index < -0.39 is 23.4 Å². The van der Waals surface area contributed by atoms with Crippen LogP contribution in [0.4, 0.5) is 14.9 Å². The zero-order valence-electron chi connectivity index (χ0n) is 7.87. The number of hydrogen-bond donors (Lipinski definition) is 3. The maximum atomic E-state index is 12.9. The lowest BCUT2D eigenvalue weighted by atomic mass is 10.2. The summed E-state index contributed by atoms with van der Waals surface area (Å²) in [6, 6.07) is 2.80. The maximum absolute atomic E-state index is 12.9. The molecule has 1 aromatic carbocycles. The van der Waals surface area contributed by atoms with Crippen LogP contribution in [0.5, 0.6) is 0 Å². The standard InChI is InChI=1S/C9H9FN2O3/c1-11-9(15)12-5-2-3-7(10)6(4-5)8(13)14/h2-4H,1H3,(H,13,14)(H2,11,12,15). The van der Waals surface area contributed by atoms with Crippen LogP contribution in [0, 0.1) is 5.82 Å². The van der Waals surface area contributed by atoms with Crippen molar-refractivity contribution in [2.24, 2.45) is 0 Å². The third-order valence-corrected chi connectivity index (χ3v) is 1.68. The van der Waals surface area contributed by atoms with Gasteiger partial charge in [0.15, 0.2) is 0 Å². The van der Waals surface area contributed by atoms with Gasteiger partial charge in [-0.2, -0.15) is 0 Å². The Hall–Kier alpha value is -2.11. The van der Waals surface area contributed by atoms with Crippen molar-refractivity contribution in [3.8, 4) is 0 Å². The molecule has 3 N–H and O–H groups in total. The Kier molecular flexibility index (Phi) is 3.22. The number of aromatic carboxylic acids is 1. The van der Waals surface area contributed by atoms with Crippen molar-refractivity contribution in [2.75, 3.05) is 12.4 Å². The van der Waals surface area contributed by atoms with Gasteiger partial charge in [-0.25, -0.2) is 14.0 Å². The van der Waals surface area contributed by atoms with Crippen molar-refractivity contribution >= 4 is 17.7 Å². The molecule has 0 saturated heterocycles. The summed E-state index contributed by atoms with van der Waals surface area (Å²) in [4.78, 5) is 21.4. The number of carboxylic acids is 1. The number of carboxylic acid groups (broad SMARTS) is 1. The Balaban J connectivity index is 2.97. The van der Waals surface area contributed by atoms with Gasteiger partial charge in [0.1, 0.15) is 5.82 Å². The number of urea groups is 1. The van der Waals surface area contributed by atoms with E-state index in [1.165, 1.54) is 13.1 Å². The summed E-state index contributed by atoms with van der Waals surface area (Å²) in [5.41, 5.74) is -0.267. The molecule has 1 rings (SSSR count). The fraction of sp³-hybridized carbons (Fsp3) is 0.111. The summed E-state index contributed by atoms with van der Waals surface area (Å²) < 4.78 is 12.9. The number of halogens is 1. The van der Waals surface area contributed by atoms with E-state index in [0.29, 0.717) is 0 Å². The number of hydrogen-bond acceptors (Lipinski definition) is 2. The fourth-order valence-electron chi connectivity index (χ4n) is 0.961. The Labute approximate surface area is 84.9 Å². The second kappa shape index (κ2) is 4.41. The van der Waals surface area contributed by atoms with Crippen LogP contribution in [0.2, 0.25) is 0 Å². The monoisotopic (exact) mass is 212 g/mol. The predicted molar refractivity (Wildman–Crippen MR) is 51.4 cm³/mol. The van der Waals surface area contributed by atoms with Crippen molar-refractivity contribution in [3.05, 3.63) is 29.6 Å². The molecule has 15 heavy (non-hydrogen) atoms. The minimum absolute atomic E-state index is 0.216. The summed E-state index contributed by atoms with van der Waals surface area (Å²) in [5, 5.41) is 13.2. The summed E-state index contributed by atoms with van der Waals surface area (Å²) in [5.74, 6) is -2.22. The lowest BCUT2D eigenvalue weighted by molar-refractivity contribution is 0.0692. The first-order valence-electron chi connectivity index (χ1n) is 4.06. The molecule has 0 aliphatic heterocycles. The van der Waals surface area contributed by atoms with Crippen LogP contribution in [-0.4, -0.2) is 24.2 Å². The summed E-state index contributed by atoms with van der Waals surface area (Å²) in [6.07, 6.45) is 0. The zero-order chi connectivity index (χ0) is 11.4. The molecule has 0 atom stereocenters.